The van der Waals surface area contributed by atoms with Gasteiger partial charge in [-0.15, -0.1) is 11.3 Å². The van der Waals surface area contributed by atoms with Crippen LogP contribution in [0.3, 0.4) is 0 Å². The maximum atomic E-state index is 12.7. The molecule has 7 heteroatoms. The summed E-state index contributed by atoms with van der Waals surface area (Å²) in [6.07, 6.45) is 7.45. The lowest BCUT2D eigenvalue weighted by Crippen LogP contribution is -2.48. The minimum Gasteiger partial charge on any atom is -0.347 e. The summed E-state index contributed by atoms with van der Waals surface area (Å²) in [5.74, 6) is 0.415. The Morgan fingerprint density at radius 1 is 1.28 bits per heavy atom. The maximum Gasteiger partial charge on any atom is 0.236 e. The van der Waals surface area contributed by atoms with Crippen LogP contribution >= 0.6 is 11.3 Å². The molecule has 2 aliphatic rings. The molecule has 1 aromatic rings. The van der Waals surface area contributed by atoms with Crippen LogP contribution in [0.1, 0.15) is 50.1 Å². The summed E-state index contributed by atoms with van der Waals surface area (Å²) in [6.45, 7) is 5.69. The first-order valence-corrected chi connectivity index (χ1v) is 10.2. The molecule has 2 aliphatic heterocycles. The summed E-state index contributed by atoms with van der Waals surface area (Å²) in [5.41, 5.74) is 0. The lowest BCUT2D eigenvalue weighted by molar-refractivity contribution is -0.134. The monoisotopic (exact) mass is 364 g/mol. The summed E-state index contributed by atoms with van der Waals surface area (Å²) < 4.78 is 0. The van der Waals surface area contributed by atoms with Gasteiger partial charge in [-0.25, -0.2) is 4.98 Å². The van der Waals surface area contributed by atoms with E-state index in [1.54, 1.807) is 24.5 Å². The molecule has 2 saturated heterocycles. The highest BCUT2D eigenvalue weighted by atomic mass is 32.1. The number of nitrogens with zero attached hydrogens (tertiary/aromatic N) is 3. The third-order valence-electron chi connectivity index (χ3n) is 5.17. The number of piperidine rings is 2. The van der Waals surface area contributed by atoms with Gasteiger partial charge in [0.05, 0.1) is 12.6 Å². The molecule has 25 heavy (non-hydrogen) atoms. The van der Waals surface area contributed by atoms with Crippen LogP contribution < -0.4 is 5.32 Å². The number of hydrogen-bond donors (Lipinski definition) is 1. The predicted octanol–water partition coefficient (Wildman–Crippen LogP) is 2.04. The van der Waals surface area contributed by atoms with Gasteiger partial charge in [-0.3, -0.25) is 14.5 Å². The molecule has 0 bridgehead atoms. The van der Waals surface area contributed by atoms with Crippen molar-refractivity contribution in [3.63, 3.8) is 0 Å². The third-order valence-corrected chi connectivity index (χ3v) is 6.02. The molecular weight excluding hydrogens is 336 g/mol. The van der Waals surface area contributed by atoms with E-state index in [0.29, 0.717) is 13.1 Å². The Labute approximate surface area is 153 Å². The molecule has 3 rings (SSSR count). The van der Waals surface area contributed by atoms with E-state index in [4.69, 9.17) is 0 Å². The van der Waals surface area contributed by atoms with Crippen molar-refractivity contribution in [2.45, 2.75) is 45.1 Å². The Kier molecular flexibility index (Phi) is 6.42. The first kappa shape index (κ1) is 18.3. The van der Waals surface area contributed by atoms with Crippen molar-refractivity contribution in [1.82, 2.24) is 20.1 Å². The van der Waals surface area contributed by atoms with Crippen LogP contribution in [-0.2, 0) is 9.59 Å². The molecule has 3 heterocycles. The zero-order chi connectivity index (χ0) is 17.6. The van der Waals surface area contributed by atoms with Gasteiger partial charge in [0, 0.05) is 37.5 Å². The molecule has 0 unspecified atom stereocenters. The number of likely N-dealkylation sites (tertiary alicyclic amines) is 2. The minimum absolute atomic E-state index is 0.0445. The highest BCUT2D eigenvalue weighted by molar-refractivity contribution is 7.09. The number of carbonyl (C=O) groups is 2. The number of rotatable bonds is 5. The van der Waals surface area contributed by atoms with E-state index in [0.717, 1.165) is 37.5 Å². The molecule has 1 aromatic heterocycles. The summed E-state index contributed by atoms with van der Waals surface area (Å²) >= 11 is 1.57. The Balaban J connectivity index is 1.62. The van der Waals surface area contributed by atoms with Gasteiger partial charge in [0.2, 0.25) is 11.8 Å². The maximum absolute atomic E-state index is 12.7. The summed E-state index contributed by atoms with van der Waals surface area (Å²) in [5, 5.41) is 5.93. The molecular formula is C18H28N4O2S. The molecule has 6 nitrogen and oxygen atoms in total. The zero-order valence-electron chi connectivity index (χ0n) is 14.9. The van der Waals surface area contributed by atoms with Crippen molar-refractivity contribution >= 4 is 23.2 Å². The van der Waals surface area contributed by atoms with Crippen LogP contribution in [0.5, 0.6) is 0 Å². The molecule has 0 saturated carbocycles. The van der Waals surface area contributed by atoms with E-state index in [1.807, 2.05) is 10.3 Å². The Morgan fingerprint density at radius 3 is 2.76 bits per heavy atom. The topological polar surface area (TPSA) is 65.5 Å². The van der Waals surface area contributed by atoms with Crippen LogP contribution in [0.4, 0.5) is 0 Å². The second-order valence-corrected chi connectivity index (χ2v) is 8.05. The molecule has 2 atom stereocenters. The van der Waals surface area contributed by atoms with Crippen LogP contribution in [0, 0.1) is 5.92 Å². The first-order valence-electron chi connectivity index (χ1n) is 9.30. The normalized spacial score (nSPS) is 23.2. The standard InChI is InChI=1S/C18H28N4O2S/c1-14(23)20-17(18-19-7-11-25-18)15-6-5-10-22(12-15)16(24)13-21-8-3-2-4-9-21/h7,11,15,17H,2-6,8-10,12-13H2,1H3,(H,20,23)/t15-,17+/m0/s1. The molecule has 0 aromatic carbocycles. The number of amides is 2. The average Bonchev–Trinajstić information content (AvgIpc) is 3.15. The van der Waals surface area contributed by atoms with E-state index in [9.17, 15) is 9.59 Å². The van der Waals surface area contributed by atoms with Gasteiger partial charge in [0.25, 0.3) is 0 Å². The van der Waals surface area contributed by atoms with Crippen molar-refractivity contribution in [3.05, 3.63) is 16.6 Å². The molecule has 2 fully saturated rings. The van der Waals surface area contributed by atoms with Crippen molar-refractivity contribution < 1.29 is 9.59 Å². The van der Waals surface area contributed by atoms with Gasteiger partial charge in [-0.1, -0.05) is 6.42 Å². The predicted molar refractivity (Wildman–Crippen MR) is 98.3 cm³/mol. The van der Waals surface area contributed by atoms with E-state index >= 15 is 0 Å². The fraction of sp³-hybridized carbons (Fsp3) is 0.722. The second kappa shape index (κ2) is 8.76. The zero-order valence-corrected chi connectivity index (χ0v) is 15.8. The molecule has 0 radical (unpaired) electrons. The van der Waals surface area contributed by atoms with Crippen LogP contribution in [0.25, 0.3) is 0 Å². The number of thiazole rings is 1. The highest BCUT2D eigenvalue weighted by Crippen LogP contribution is 2.31. The number of nitrogens with one attached hydrogen (secondary N) is 1. The van der Waals surface area contributed by atoms with E-state index in [1.165, 1.54) is 19.3 Å². The highest BCUT2D eigenvalue weighted by Gasteiger charge is 2.32. The van der Waals surface area contributed by atoms with Gasteiger partial charge in [0.15, 0.2) is 0 Å². The van der Waals surface area contributed by atoms with Crippen LogP contribution in [0.15, 0.2) is 11.6 Å². The molecule has 1 N–H and O–H groups in total. The van der Waals surface area contributed by atoms with Crippen molar-refractivity contribution in [1.29, 1.82) is 0 Å². The Bertz CT molecular complexity index is 572. The largest absolute Gasteiger partial charge is 0.347 e. The summed E-state index contributed by atoms with van der Waals surface area (Å²) in [6, 6.07) is -0.0944. The number of carbonyl (C=O) groups excluding carboxylic acids is 2. The fourth-order valence-electron chi connectivity index (χ4n) is 3.91. The lowest BCUT2D eigenvalue weighted by Gasteiger charge is -2.37. The SMILES string of the molecule is CC(=O)N[C@@H](c1nccs1)[C@H]1CCCN(C(=O)CN2CCCCC2)C1. The van der Waals surface area contributed by atoms with Gasteiger partial charge in [-0.2, -0.15) is 0 Å². The Morgan fingerprint density at radius 2 is 2.08 bits per heavy atom. The first-order chi connectivity index (χ1) is 12.1. The smallest absolute Gasteiger partial charge is 0.236 e. The van der Waals surface area contributed by atoms with Crippen molar-refractivity contribution in [2.75, 3.05) is 32.7 Å². The van der Waals surface area contributed by atoms with Gasteiger partial charge in [-0.05, 0) is 38.8 Å². The van der Waals surface area contributed by atoms with Gasteiger partial charge in [0.1, 0.15) is 5.01 Å². The van der Waals surface area contributed by atoms with E-state index < -0.39 is 0 Å². The second-order valence-electron chi connectivity index (χ2n) is 7.13. The van der Waals surface area contributed by atoms with Crippen molar-refractivity contribution in [2.24, 2.45) is 5.92 Å². The quantitative estimate of drug-likeness (QED) is 0.868. The van der Waals surface area contributed by atoms with Crippen LogP contribution in [0.2, 0.25) is 0 Å². The minimum atomic E-state index is -0.0944. The lowest BCUT2D eigenvalue weighted by atomic mass is 9.90. The van der Waals surface area contributed by atoms with Gasteiger partial charge < -0.3 is 10.2 Å². The number of aromatic nitrogens is 1. The van der Waals surface area contributed by atoms with E-state index in [2.05, 4.69) is 15.2 Å². The summed E-state index contributed by atoms with van der Waals surface area (Å²) in [7, 11) is 0. The Hall–Kier alpha value is -1.47. The molecule has 2 amide bonds. The van der Waals surface area contributed by atoms with E-state index in [-0.39, 0.29) is 23.8 Å². The average molecular weight is 365 g/mol. The third kappa shape index (κ3) is 5.01. The molecule has 0 spiro atoms. The van der Waals surface area contributed by atoms with Gasteiger partial charge >= 0.3 is 0 Å². The molecule has 138 valence electrons. The molecule has 0 aliphatic carbocycles. The fourth-order valence-corrected chi connectivity index (χ4v) is 4.69. The number of hydrogen-bond acceptors (Lipinski definition) is 5. The van der Waals surface area contributed by atoms with Crippen LogP contribution in [-0.4, -0.2) is 59.3 Å². The van der Waals surface area contributed by atoms with Crippen molar-refractivity contribution in [3.8, 4) is 0 Å². The summed E-state index contributed by atoms with van der Waals surface area (Å²) in [4.78, 5) is 33.0.